The molecule has 2 heterocycles. The molecule has 0 spiro atoms. The molecule has 0 saturated carbocycles. The fourth-order valence-electron chi connectivity index (χ4n) is 2.28. The Hall–Kier alpha value is -1.14. The van der Waals surface area contributed by atoms with Crippen molar-refractivity contribution in [1.29, 1.82) is 0 Å². The zero-order chi connectivity index (χ0) is 14.5. The first-order valence-corrected chi connectivity index (χ1v) is 7.56. The highest BCUT2D eigenvalue weighted by Crippen LogP contribution is 2.27. The molecule has 0 aromatic carbocycles. The molecule has 1 saturated heterocycles. The van der Waals surface area contributed by atoms with Crippen molar-refractivity contribution >= 4 is 27.7 Å². The Morgan fingerprint density at radius 3 is 2.75 bits per heavy atom. The van der Waals surface area contributed by atoms with E-state index in [1.807, 2.05) is 12.3 Å². The number of halogens is 1. The second-order valence-electron chi connectivity index (χ2n) is 4.92. The number of carbonyl (C=O) groups excluding carboxylic acids is 1. The Morgan fingerprint density at radius 2 is 2.10 bits per heavy atom. The van der Waals surface area contributed by atoms with Crippen LogP contribution in [-0.4, -0.2) is 55.7 Å². The lowest BCUT2D eigenvalue weighted by Gasteiger charge is -2.35. The molecular formula is C14H20BrN3O2. The summed E-state index contributed by atoms with van der Waals surface area (Å²) in [6, 6.07) is 2.00. The lowest BCUT2D eigenvalue weighted by atomic mass is 10.2. The molecule has 5 nitrogen and oxygen atoms in total. The molecule has 2 rings (SSSR count). The van der Waals surface area contributed by atoms with Crippen molar-refractivity contribution in [3.8, 4) is 0 Å². The maximum Gasteiger partial charge on any atom is 0.306 e. The van der Waals surface area contributed by atoms with E-state index in [0.29, 0.717) is 6.42 Å². The SMILES string of the molecule is COC(=O)CCN1CCN(c2nccc(C)c2Br)CC1. The molecular weight excluding hydrogens is 322 g/mol. The molecule has 0 aliphatic carbocycles. The highest BCUT2D eigenvalue weighted by molar-refractivity contribution is 9.10. The Bertz CT molecular complexity index is 473. The van der Waals surface area contributed by atoms with Gasteiger partial charge in [0, 0.05) is 38.9 Å². The van der Waals surface area contributed by atoms with Gasteiger partial charge in [0.15, 0.2) is 0 Å². The van der Waals surface area contributed by atoms with Crippen LogP contribution >= 0.6 is 15.9 Å². The largest absolute Gasteiger partial charge is 0.469 e. The first-order valence-electron chi connectivity index (χ1n) is 6.77. The second kappa shape index (κ2) is 7.04. The third-order valence-corrected chi connectivity index (χ3v) is 4.58. The number of esters is 1. The summed E-state index contributed by atoms with van der Waals surface area (Å²) in [5.41, 5.74) is 1.20. The van der Waals surface area contributed by atoms with Crippen LogP contribution in [0.4, 0.5) is 5.82 Å². The molecule has 1 aromatic rings. The lowest BCUT2D eigenvalue weighted by molar-refractivity contribution is -0.141. The molecule has 20 heavy (non-hydrogen) atoms. The summed E-state index contributed by atoms with van der Waals surface area (Å²) in [4.78, 5) is 20.2. The van der Waals surface area contributed by atoms with Crippen molar-refractivity contribution in [3.63, 3.8) is 0 Å². The molecule has 1 fully saturated rings. The molecule has 0 radical (unpaired) electrons. The number of nitrogens with zero attached hydrogens (tertiary/aromatic N) is 3. The van der Waals surface area contributed by atoms with Gasteiger partial charge < -0.3 is 9.64 Å². The molecule has 0 amide bonds. The topological polar surface area (TPSA) is 45.7 Å². The first-order chi connectivity index (χ1) is 9.61. The van der Waals surface area contributed by atoms with E-state index in [9.17, 15) is 4.79 Å². The Balaban J connectivity index is 1.88. The normalized spacial score (nSPS) is 16.2. The van der Waals surface area contributed by atoms with Crippen LogP contribution in [0, 0.1) is 6.92 Å². The zero-order valence-electron chi connectivity index (χ0n) is 11.9. The lowest BCUT2D eigenvalue weighted by Crippen LogP contribution is -2.47. The standard InChI is InChI=1S/C14H20BrN3O2/c1-11-3-5-16-14(13(11)15)18-9-7-17(8-10-18)6-4-12(19)20-2/h3,5H,4,6-10H2,1-2H3. The fraction of sp³-hybridized carbons (Fsp3) is 0.571. The van der Waals surface area contributed by atoms with Crippen molar-refractivity contribution in [2.45, 2.75) is 13.3 Å². The number of rotatable bonds is 4. The fourth-order valence-corrected chi connectivity index (χ4v) is 2.77. The number of methoxy groups -OCH3 is 1. The molecule has 0 N–H and O–H groups in total. The van der Waals surface area contributed by atoms with Gasteiger partial charge >= 0.3 is 5.97 Å². The smallest absolute Gasteiger partial charge is 0.306 e. The van der Waals surface area contributed by atoms with Gasteiger partial charge in [0.1, 0.15) is 5.82 Å². The average Bonchev–Trinajstić information content (AvgIpc) is 2.48. The summed E-state index contributed by atoms with van der Waals surface area (Å²) in [6.45, 7) is 6.58. The van der Waals surface area contributed by atoms with Gasteiger partial charge in [-0.25, -0.2) is 4.98 Å². The monoisotopic (exact) mass is 341 g/mol. The molecule has 0 unspecified atom stereocenters. The molecule has 1 aliphatic rings. The van der Waals surface area contributed by atoms with E-state index in [-0.39, 0.29) is 5.97 Å². The summed E-state index contributed by atoms with van der Waals surface area (Å²) < 4.78 is 5.74. The third kappa shape index (κ3) is 3.70. The Kier molecular flexibility index (Phi) is 5.37. The minimum Gasteiger partial charge on any atom is -0.469 e. The van der Waals surface area contributed by atoms with Crippen molar-refractivity contribution in [2.24, 2.45) is 0 Å². The van der Waals surface area contributed by atoms with Crippen LogP contribution < -0.4 is 4.90 Å². The predicted octanol–water partition coefficient (Wildman–Crippen LogP) is 1.84. The second-order valence-corrected chi connectivity index (χ2v) is 5.71. The van der Waals surface area contributed by atoms with E-state index in [1.165, 1.54) is 12.7 Å². The van der Waals surface area contributed by atoms with Gasteiger partial charge in [-0.3, -0.25) is 9.69 Å². The van der Waals surface area contributed by atoms with Gasteiger partial charge in [-0.1, -0.05) is 0 Å². The van der Waals surface area contributed by atoms with E-state index in [2.05, 4.69) is 42.4 Å². The summed E-state index contributed by atoms with van der Waals surface area (Å²) in [7, 11) is 1.43. The molecule has 1 aliphatic heterocycles. The van der Waals surface area contributed by atoms with Crippen molar-refractivity contribution in [3.05, 3.63) is 22.3 Å². The number of anilines is 1. The predicted molar refractivity (Wildman–Crippen MR) is 82.0 cm³/mol. The maximum atomic E-state index is 11.1. The van der Waals surface area contributed by atoms with Gasteiger partial charge in [0.2, 0.25) is 0 Å². The van der Waals surface area contributed by atoms with Crippen LogP contribution in [0.2, 0.25) is 0 Å². The van der Waals surface area contributed by atoms with E-state index in [4.69, 9.17) is 0 Å². The summed E-state index contributed by atoms with van der Waals surface area (Å²) in [6.07, 6.45) is 2.31. The third-order valence-electron chi connectivity index (χ3n) is 3.60. The quantitative estimate of drug-likeness (QED) is 0.782. The van der Waals surface area contributed by atoms with E-state index >= 15 is 0 Å². The van der Waals surface area contributed by atoms with Gasteiger partial charge in [0.25, 0.3) is 0 Å². The van der Waals surface area contributed by atoms with Crippen LogP contribution in [0.3, 0.4) is 0 Å². The number of carbonyl (C=O) groups is 1. The van der Waals surface area contributed by atoms with Crippen molar-refractivity contribution in [1.82, 2.24) is 9.88 Å². The minimum absolute atomic E-state index is 0.143. The molecule has 0 bridgehead atoms. The average molecular weight is 342 g/mol. The van der Waals surface area contributed by atoms with Crippen LogP contribution in [0.25, 0.3) is 0 Å². The van der Waals surface area contributed by atoms with Crippen molar-refractivity contribution in [2.75, 3.05) is 44.7 Å². The first kappa shape index (κ1) is 15.3. The van der Waals surface area contributed by atoms with Crippen molar-refractivity contribution < 1.29 is 9.53 Å². The summed E-state index contributed by atoms with van der Waals surface area (Å²) in [5.74, 6) is 0.869. The number of ether oxygens (including phenoxy) is 1. The maximum absolute atomic E-state index is 11.1. The van der Waals surface area contributed by atoms with Gasteiger partial charge in [-0.2, -0.15) is 0 Å². The Labute approximate surface area is 128 Å². The van der Waals surface area contributed by atoms with Crippen LogP contribution in [0.15, 0.2) is 16.7 Å². The number of pyridine rings is 1. The highest BCUT2D eigenvalue weighted by atomic mass is 79.9. The van der Waals surface area contributed by atoms with Crippen LogP contribution in [0.5, 0.6) is 0 Å². The minimum atomic E-state index is -0.143. The Morgan fingerprint density at radius 1 is 1.40 bits per heavy atom. The number of hydrogen-bond donors (Lipinski definition) is 0. The molecule has 6 heteroatoms. The van der Waals surface area contributed by atoms with Gasteiger partial charge in [-0.05, 0) is 34.5 Å². The molecule has 1 aromatic heterocycles. The van der Waals surface area contributed by atoms with E-state index in [0.717, 1.165) is 43.0 Å². The summed E-state index contributed by atoms with van der Waals surface area (Å²) in [5, 5.41) is 0. The van der Waals surface area contributed by atoms with Gasteiger partial charge in [-0.15, -0.1) is 0 Å². The molecule has 0 atom stereocenters. The van der Waals surface area contributed by atoms with Crippen LogP contribution in [0.1, 0.15) is 12.0 Å². The highest BCUT2D eigenvalue weighted by Gasteiger charge is 2.20. The summed E-state index contributed by atoms with van der Waals surface area (Å²) >= 11 is 3.61. The number of piperazine rings is 1. The van der Waals surface area contributed by atoms with E-state index in [1.54, 1.807) is 0 Å². The van der Waals surface area contributed by atoms with Gasteiger partial charge in [0.05, 0.1) is 18.0 Å². The van der Waals surface area contributed by atoms with E-state index < -0.39 is 0 Å². The zero-order valence-corrected chi connectivity index (χ0v) is 13.5. The number of hydrogen-bond acceptors (Lipinski definition) is 5. The number of aryl methyl sites for hydroxylation is 1. The van der Waals surface area contributed by atoms with Crippen LogP contribution in [-0.2, 0) is 9.53 Å². The number of aromatic nitrogens is 1. The molecule has 110 valence electrons.